The molecule has 0 bridgehead atoms. The van der Waals surface area contributed by atoms with Crippen molar-refractivity contribution in [3.05, 3.63) is 122 Å². The van der Waals surface area contributed by atoms with Gasteiger partial charge in [-0.2, -0.15) is 0 Å². The summed E-state index contributed by atoms with van der Waals surface area (Å²) >= 11 is 0. The first-order valence-corrected chi connectivity index (χ1v) is 33.0. The maximum Gasteiger partial charge on any atom is 0.306 e. The van der Waals surface area contributed by atoms with Gasteiger partial charge in [0, 0.05) is 19.3 Å². The van der Waals surface area contributed by atoms with Gasteiger partial charge in [-0.15, -0.1) is 0 Å². The zero-order valence-corrected chi connectivity index (χ0v) is 51.6. The van der Waals surface area contributed by atoms with Crippen LogP contribution in [0.1, 0.15) is 303 Å². The molecule has 0 amide bonds. The molecule has 0 radical (unpaired) electrons. The first-order chi connectivity index (χ1) is 39.0. The fourth-order valence-electron chi connectivity index (χ4n) is 8.98. The van der Waals surface area contributed by atoms with Crippen molar-refractivity contribution in [3.63, 3.8) is 0 Å². The topological polar surface area (TPSA) is 78.9 Å². The molecule has 0 aliphatic heterocycles. The molecule has 0 N–H and O–H groups in total. The predicted molar refractivity (Wildman–Crippen MR) is 343 cm³/mol. The lowest BCUT2D eigenvalue weighted by atomic mass is 10.1. The number of carbonyl (C=O) groups is 3. The summed E-state index contributed by atoms with van der Waals surface area (Å²) in [6, 6.07) is 0. The molecule has 0 aromatic rings. The zero-order chi connectivity index (χ0) is 57.1. The second-order valence-corrected chi connectivity index (χ2v) is 21.6. The van der Waals surface area contributed by atoms with Crippen LogP contribution < -0.4 is 0 Å². The van der Waals surface area contributed by atoms with Crippen LogP contribution in [0.4, 0.5) is 0 Å². The molecule has 1 atom stereocenters. The molecule has 6 nitrogen and oxygen atoms in total. The third-order valence-electron chi connectivity index (χ3n) is 13.9. The van der Waals surface area contributed by atoms with Crippen molar-refractivity contribution in [1.82, 2.24) is 0 Å². The molecule has 0 saturated heterocycles. The molecule has 0 rings (SSSR count). The largest absolute Gasteiger partial charge is 0.462 e. The van der Waals surface area contributed by atoms with E-state index in [1.54, 1.807) is 0 Å². The van der Waals surface area contributed by atoms with E-state index in [2.05, 4.69) is 142 Å². The molecule has 0 aromatic carbocycles. The number of carbonyl (C=O) groups excluding carboxylic acids is 3. The van der Waals surface area contributed by atoms with Gasteiger partial charge in [0.05, 0.1) is 0 Å². The van der Waals surface area contributed by atoms with Crippen molar-refractivity contribution in [2.75, 3.05) is 13.2 Å². The third-order valence-corrected chi connectivity index (χ3v) is 13.9. The summed E-state index contributed by atoms with van der Waals surface area (Å²) in [4.78, 5) is 38.4. The van der Waals surface area contributed by atoms with Gasteiger partial charge in [0.25, 0.3) is 0 Å². The van der Waals surface area contributed by atoms with Crippen LogP contribution in [0.25, 0.3) is 0 Å². The SMILES string of the molecule is CC/C=C\C/C=C\C/C=C\C/C=C\C/C=C\C/C=C\C/C=C\CCCCCC(=O)OCC(COC(=O)CCCCCCCCC/C=C\CCCCCCCC)OC(=O)CCCCCCCCCCC/C=C\C/C=C\CCCCC. The minimum absolute atomic E-state index is 0.0943. The van der Waals surface area contributed by atoms with E-state index < -0.39 is 6.10 Å². The highest BCUT2D eigenvalue weighted by Crippen LogP contribution is 2.15. The lowest BCUT2D eigenvalue weighted by molar-refractivity contribution is -0.167. The Bertz CT molecular complexity index is 1640. The number of unbranched alkanes of at least 4 members (excludes halogenated alkanes) is 28. The molecular weight excluding hydrogens is 973 g/mol. The molecule has 0 spiro atoms. The molecule has 450 valence electrons. The molecule has 0 heterocycles. The van der Waals surface area contributed by atoms with Crippen molar-refractivity contribution in [3.8, 4) is 0 Å². The summed E-state index contributed by atoms with van der Waals surface area (Å²) < 4.78 is 16.9. The molecule has 79 heavy (non-hydrogen) atoms. The van der Waals surface area contributed by atoms with Crippen LogP contribution in [0.5, 0.6) is 0 Å². The highest BCUT2D eigenvalue weighted by Gasteiger charge is 2.19. The van der Waals surface area contributed by atoms with Crippen molar-refractivity contribution in [2.45, 2.75) is 309 Å². The van der Waals surface area contributed by atoms with Crippen LogP contribution in [0, 0.1) is 0 Å². The van der Waals surface area contributed by atoms with Gasteiger partial charge in [-0.05, 0) is 135 Å². The molecule has 6 heteroatoms. The van der Waals surface area contributed by atoms with E-state index in [0.29, 0.717) is 19.3 Å². The number of ether oxygens (including phenoxy) is 3. The fourth-order valence-corrected chi connectivity index (χ4v) is 8.98. The summed E-state index contributed by atoms with van der Waals surface area (Å²) in [7, 11) is 0. The van der Waals surface area contributed by atoms with Gasteiger partial charge in [-0.3, -0.25) is 14.4 Å². The molecule has 1 unspecified atom stereocenters. The number of rotatable bonds is 59. The van der Waals surface area contributed by atoms with Crippen LogP contribution in [0.15, 0.2) is 122 Å². The van der Waals surface area contributed by atoms with Crippen molar-refractivity contribution >= 4 is 17.9 Å². The van der Waals surface area contributed by atoms with E-state index >= 15 is 0 Å². The van der Waals surface area contributed by atoms with Crippen molar-refractivity contribution in [1.29, 1.82) is 0 Å². The van der Waals surface area contributed by atoms with Crippen LogP contribution in [0.2, 0.25) is 0 Å². The minimum atomic E-state index is -0.801. The molecule has 0 fully saturated rings. The number of allylic oxidation sites excluding steroid dienone is 20. The molecule has 0 saturated carbocycles. The maximum absolute atomic E-state index is 12.9. The highest BCUT2D eigenvalue weighted by atomic mass is 16.6. The van der Waals surface area contributed by atoms with Crippen molar-refractivity contribution in [2.24, 2.45) is 0 Å². The summed E-state index contributed by atoms with van der Waals surface area (Å²) in [6.45, 7) is 6.48. The third kappa shape index (κ3) is 64.5. The van der Waals surface area contributed by atoms with Crippen molar-refractivity contribution < 1.29 is 28.6 Å². The molecule has 0 aromatic heterocycles. The lowest BCUT2D eigenvalue weighted by Gasteiger charge is -2.18. The van der Waals surface area contributed by atoms with E-state index in [4.69, 9.17) is 14.2 Å². The summed E-state index contributed by atoms with van der Waals surface area (Å²) in [5.41, 5.74) is 0. The average molecular weight is 1100 g/mol. The van der Waals surface area contributed by atoms with Crippen LogP contribution in [-0.4, -0.2) is 37.2 Å². The summed E-state index contributed by atoms with van der Waals surface area (Å²) in [5, 5.41) is 0. The van der Waals surface area contributed by atoms with E-state index in [0.717, 1.165) is 116 Å². The monoisotopic (exact) mass is 1090 g/mol. The second-order valence-electron chi connectivity index (χ2n) is 21.6. The minimum Gasteiger partial charge on any atom is -0.462 e. The quantitative estimate of drug-likeness (QED) is 0.0261. The van der Waals surface area contributed by atoms with Crippen LogP contribution in [0.3, 0.4) is 0 Å². The van der Waals surface area contributed by atoms with E-state index in [1.165, 1.54) is 148 Å². The average Bonchev–Trinajstić information content (AvgIpc) is 3.45. The number of esters is 3. The van der Waals surface area contributed by atoms with Crippen LogP contribution >= 0.6 is 0 Å². The second kappa shape index (κ2) is 66.3. The van der Waals surface area contributed by atoms with E-state index in [9.17, 15) is 14.4 Å². The standard InChI is InChI=1S/C73H122O6/c1-4-7-10-13-16-19-22-25-28-31-33-34-35-36-37-38-40-42-45-48-51-54-57-60-63-66-72(75)78-69-70(68-77-71(74)65-62-59-56-53-50-47-44-41-30-27-24-21-18-15-12-9-6-3)79-73(76)67-64-61-58-55-52-49-46-43-39-32-29-26-23-20-17-14-11-8-5-2/h7,10,16-17,19-20,25-30,33-34,36-37,40,42,48,51,70H,4-6,8-9,11-15,18,21-24,31-32,35,38-39,41,43-47,49-50,52-69H2,1-3H3/b10-7-,19-16-,20-17-,28-25-,29-26-,30-27-,34-33-,37-36-,42-40-,51-48-. The molecule has 0 aliphatic rings. The Morgan fingerprint density at radius 3 is 0.823 bits per heavy atom. The summed E-state index contributed by atoms with van der Waals surface area (Å²) in [5.74, 6) is -0.930. The van der Waals surface area contributed by atoms with Gasteiger partial charge >= 0.3 is 17.9 Å². The molecular formula is C73H122O6. The predicted octanol–water partition coefficient (Wildman–Crippen LogP) is 22.8. The Balaban J connectivity index is 4.46. The van der Waals surface area contributed by atoms with Gasteiger partial charge < -0.3 is 14.2 Å². The summed E-state index contributed by atoms with van der Waals surface area (Å²) in [6.07, 6.45) is 92.0. The maximum atomic E-state index is 12.9. The first-order valence-electron chi connectivity index (χ1n) is 33.0. The van der Waals surface area contributed by atoms with Gasteiger partial charge in [0.2, 0.25) is 0 Å². The highest BCUT2D eigenvalue weighted by molar-refractivity contribution is 5.71. The Hall–Kier alpha value is -4.19. The number of hydrogen-bond acceptors (Lipinski definition) is 6. The number of hydrogen-bond donors (Lipinski definition) is 0. The Labute approximate surface area is 488 Å². The zero-order valence-electron chi connectivity index (χ0n) is 51.6. The lowest BCUT2D eigenvalue weighted by Crippen LogP contribution is -2.30. The smallest absolute Gasteiger partial charge is 0.306 e. The van der Waals surface area contributed by atoms with E-state index in [1.807, 2.05) is 0 Å². The molecule has 0 aliphatic carbocycles. The Kier molecular flexibility index (Phi) is 62.8. The fraction of sp³-hybridized carbons (Fsp3) is 0.685. The van der Waals surface area contributed by atoms with Gasteiger partial charge in [-0.1, -0.05) is 271 Å². The van der Waals surface area contributed by atoms with Gasteiger partial charge in [0.1, 0.15) is 13.2 Å². The normalized spacial score (nSPS) is 12.9. The van der Waals surface area contributed by atoms with Gasteiger partial charge in [0.15, 0.2) is 6.10 Å². The Morgan fingerprint density at radius 1 is 0.266 bits per heavy atom. The van der Waals surface area contributed by atoms with Gasteiger partial charge in [-0.25, -0.2) is 0 Å². The Morgan fingerprint density at radius 2 is 0.494 bits per heavy atom. The van der Waals surface area contributed by atoms with E-state index in [-0.39, 0.29) is 31.1 Å². The first kappa shape index (κ1) is 74.8. The van der Waals surface area contributed by atoms with Crippen LogP contribution in [-0.2, 0) is 28.6 Å².